The van der Waals surface area contributed by atoms with E-state index >= 15 is 0 Å². The molecule has 0 saturated carbocycles. The molecule has 58 heavy (non-hydrogen) atoms. The zero-order valence-electron chi connectivity index (χ0n) is 37.6. The summed E-state index contributed by atoms with van der Waals surface area (Å²) < 4.78 is 55.7. The van der Waals surface area contributed by atoms with Crippen molar-refractivity contribution < 1.29 is 67.9 Å². The lowest BCUT2D eigenvalue weighted by Gasteiger charge is -2.52. The first-order valence-electron chi connectivity index (χ1n) is 21.4. The number of carbonyl (C=O) groups is 1. The van der Waals surface area contributed by atoms with E-state index < -0.39 is 96.1 Å². The fourth-order valence-corrected chi connectivity index (χ4v) is 10.0. The number of hydrogen-bond donors (Lipinski definition) is 5. The van der Waals surface area contributed by atoms with E-state index in [9.17, 15) is 25.2 Å². The zero-order chi connectivity index (χ0) is 43.5. The van der Waals surface area contributed by atoms with Crippen molar-refractivity contribution in [2.45, 2.75) is 191 Å². The monoisotopic (exact) mass is 835 g/mol. The molecule has 2 bridgehead atoms. The van der Waals surface area contributed by atoms with Gasteiger partial charge in [0.1, 0.15) is 30.1 Å². The van der Waals surface area contributed by atoms with Crippen LogP contribution in [-0.2, 0) is 47.4 Å². The summed E-state index contributed by atoms with van der Waals surface area (Å²) in [6.45, 7) is 19.1. The number of likely N-dealkylation sites (N-methyl/N-ethyl adjacent to an activating group) is 1. The Kier molecular flexibility index (Phi) is 17.4. The fraction of sp³-hybridized carbons (Fsp3) is 0.976. The Labute approximate surface area is 346 Å². The van der Waals surface area contributed by atoms with Gasteiger partial charge in [-0.2, -0.15) is 0 Å². The van der Waals surface area contributed by atoms with Crippen LogP contribution in [0, 0.1) is 23.7 Å². The van der Waals surface area contributed by atoms with Gasteiger partial charge < -0.3 is 68.0 Å². The van der Waals surface area contributed by atoms with Gasteiger partial charge in [-0.15, -0.1) is 0 Å². The number of ether oxygens (including phenoxy) is 9. The van der Waals surface area contributed by atoms with Crippen LogP contribution in [0.2, 0.25) is 0 Å². The molecule has 16 heteroatoms. The third kappa shape index (κ3) is 11.1. The minimum Gasteiger partial charge on any atom is -0.459 e. The molecule has 4 aliphatic heterocycles. The van der Waals surface area contributed by atoms with Crippen LogP contribution >= 0.6 is 0 Å². The summed E-state index contributed by atoms with van der Waals surface area (Å²) in [7, 11) is 6.90. The predicted octanol–water partition coefficient (Wildman–Crippen LogP) is 2.20. The van der Waals surface area contributed by atoms with Gasteiger partial charge in [0.05, 0.1) is 67.5 Å². The van der Waals surface area contributed by atoms with Crippen molar-refractivity contribution in [1.29, 1.82) is 0 Å². The quantitative estimate of drug-likeness (QED) is 0.142. The highest BCUT2D eigenvalue weighted by Gasteiger charge is 2.55. The summed E-state index contributed by atoms with van der Waals surface area (Å²) in [4.78, 5) is 16.4. The van der Waals surface area contributed by atoms with Gasteiger partial charge in [-0.3, -0.25) is 10.1 Å². The number of cyclic esters (lactones) is 1. The number of esters is 1. The zero-order valence-corrected chi connectivity index (χ0v) is 37.6. The molecule has 4 fully saturated rings. The molecular weight excluding hydrogens is 756 g/mol. The van der Waals surface area contributed by atoms with Gasteiger partial charge in [-0.25, -0.2) is 0 Å². The van der Waals surface area contributed by atoms with Crippen LogP contribution in [0.4, 0.5) is 0 Å². The van der Waals surface area contributed by atoms with Gasteiger partial charge in [0.2, 0.25) is 0 Å². The Balaban J connectivity index is 1.83. The van der Waals surface area contributed by atoms with E-state index in [-0.39, 0.29) is 55.9 Å². The maximum atomic E-state index is 14.5. The van der Waals surface area contributed by atoms with Crippen molar-refractivity contribution in [2.24, 2.45) is 23.7 Å². The SMILES string of the molecule is CC[C@@H]1OC(=O)[C@@H](C)[C@@H](O[C@H]2C[C@@](C)(OC)[C@@H](O)[C@H](C)O2)[C@@H](C)[C@@H](O[C@@H]2O[C@@H](C)C[C@H](N(C)C)[C@H]2O)[C@@](C)(O)C[C@@H](C)[C@@H]2N[C@@H](COCCOC)OC([C@@H]2C)[C@]1(C)O. The van der Waals surface area contributed by atoms with Crippen LogP contribution in [-0.4, -0.2) is 176 Å². The molecular formula is C42H78N2O14. The van der Waals surface area contributed by atoms with Gasteiger partial charge in [0, 0.05) is 44.6 Å². The van der Waals surface area contributed by atoms with Gasteiger partial charge in [-0.05, 0) is 80.8 Å². The molecule has 20 atom stereocenters. The van der Waals surface area contributed by atoms with E-state index in [1.54, 1.807) is 41.7 Å². The maximum Gasteiger partial charge on any atom is 0.311 e. The Morgan fingerprint density at radius 1 is 0.914 bits per heavy atom. The minimum absolute atomic E-state index is 0.137. The van der Waals surface area contributed by atoms with E-state index in [2.05, 4.69) is 5.32 Å². The topological polar surface area (TPSA) is 196 Å². The molecule has 0 aromatic carbocycles. The molecule has 1 unspecified atom stereocenters. The fourth-order valence-electron chi connectivity index (χ4n) is 10.0. The summed E-state index contributed by atoms with van der Waals surface area (Å²) in [6, 6.07) is -0.593. The highest BCUT2D eigenvalue weighted by molar-refractivity contribution is 5.73. The van der Waals surface area contributed by atoms with Crippen molar-refractivity contribution in [2.75, 3.05) is 48.1 Å². The van der Waals surface area contributed by atoms with Crippen molar-refractivity contribution in [3.05, 3.63) is 0 Å². The predicted molar refractivity (Wildman–Crippen MR) is 214 cm³/mol. The highest BCUT2D eigenvalue weighted by Crippen LogP contribution is 2.43. The first-order chi connectivity index (χ1) is 27.0. The lowest BCUT2D eigenvalue weighted by atomic mass is 9.71. The van der Waals surface area contributed by atoms with Crippen molar-refractivity contribution in [3.8, 4) is 0 Å². The summed E-state index contributed by atoms with van der Waals surface area (Å²) in [5.74, 6) is -2.95. The molecule has 0 spiro atoms. The number of methoxy groups -OCH3 is 2. The first-order valence-corrected chi connectivity index (χ1v) is 21.4. The molecule has 4 saturated heterocycles. The van der Waals surface area contributed by atoms with Crippen molar-refractivity contribution >= 4 is 5.97 Å². The standard InChI is InChI=1S/C42H78N2O14/c1-15-29-42(10,49)37-24(4)32(43-30(56-37)21-52-17-16-50-13)22(2)19-40(8,48)36(58-39-33(45)28(44(11)12)18-23(3)53-39)25(5)34(26(6)38(47)55-29)57-31-20-41(9,51-14)35(46)27(7)54-31/h22-37,39,43,45-46,48-49H,15-21H2,1-14H3/t22-,23+,24-,25-,26+,27+,28+,29+,30-,31+,32+,33-,34+,35+,36-,37?,39+,40+,41-,42-/m1/s1. The van der Waals surface area contributed by atoms with Gasteiger partial charge in [0.15, 0.2) is 12.6 Å². The summed E-state index contributed by atoms with van der Waals surface area (Å²) in [5.41, 5.74) is -4.27. The largest absolute Gasteiger partial charge is 0.459 e. The molecule has 340 valence electrons. The van der Waals surface area contributed by atoms with E-state index in [4.69, 9.17) is 42.6 Å². The second-order valence-corrected chi connectivity index (χ2v) is 18.6. The number of carbonyl (C=O) groups excluding carboxylic acids is 1. The van der Waals surface area contributed by atoms with Gasteiger partial charge in [0.25, 0.3) is 0 Å². The third-order valence-electron chi connectivity index (χ3n) is 13.5. The number of rotatable bonds is 12. The lowest BCUT2D eigenvalue weighted by molar-refractivity contribution is -0.318. The summed E-state index contributed by atoms with van der Waals surface area (Å²) in [5, 5.41) is 51.5. The minimum atomic E-state index is -1.64. The molecule has 0 amide bonds. The van der Waals surface area contributed by atoms with E-state index in [0.717, 1.165) is 0 Å². The van der Waals surface area contributed by atoms with Crippen LogP contribution in [0.3, 0.4) is 0 Å². The number of nitrogens with zero attached hydrogens (tertiary/aromatic N) is 1. The summed E-state index contributed by atoms with van der Waals surface area (Å²) in [6.07, 6.45) is -8.29. The molecule has 16 nitrogen and oxygen atoms in total. The van der Waals surface area contributed by atoms with Crippen molar-refractivity contribution in [1.82, 2.24) is 10.2 Å². The molecule has 4 aliphatic rings. The Morgan fingerprint density at radius 2 is 1.59 bits per heavy atom. The average Bonchev–Trinajstić information content (AvgIpc) is 3.15. The first kappa shape index (κ1) is 49.6. The van der Waals surface area contributed by atoms with Crippen LogP contribution < -0.4 is 5.32 Å². The Morgan fingerprint density at radius 3 is 2.19 bits per heavy atom. The smallest absolute Gasteiger partial charge is 0.311 e. The molecule has 0 aromatic rings. The Bertz CT molecular complexity index is 1290. The van der Waals surface area contributed by atoms with E-state index in [0.29, 0.717) is 19.6 Å². The second-order valence-electron chi connectivity index (χ2n) is 18.6. The molecule has 4 heterocycles. The number of hydrogen-bond acceptors (Lipinski definition) is 16. The average molecular weight is 835 g/mol. The number of fused-ring (bicyclic) bond motifs is 2. The van der Waals surface area contributed by atoms with Crippen LogP contribution in [0.1, 0.15) is 94.9 Å². The van der Waals surface area contributed by atoms with Crippen LogP contribution in [0.5, 0.6) is 0 Å². The molecule has 4 rings (SSSR count). The van der Waals surface area contributed by atoms with Gasteiger partial charge >= 0.3 is 5.97 Å². The molecule has 0 aromatic heterocycles. The van der Waals surface area contributed by atoms with E-state index in [1.165, 1.54) is 7.11 Å². The maximum absolute atomic E-state index is 14.5. The molecule has 0 aliphatic carbocycles. The molecule has 0 radical (unpaired) electrons. The van der Waals surface area contributed by atoms with Crippen LogP contribution in [0.15, 0.2) is 0 Å². The van der Waals surface area contributed by atoms with E-state index in [1.807, 2.05) is 53.6 Å². The number of nitrogens with one attached hydrogen (secondary N) is 1. The number of aliphatic hydroxyl groups excluding tert-OH is 2. The van der Waals surface area contributed by atoms with Gasteiger partial charge in [-0.1, -0.05) is 27.7 Å². The normalized spacial score (nSPS) is 48.7. The third-order valence-corrected chi connectivity index (χ3v) is 13.5. The number of aliphatic hydroxyl groups is 4. The highest BCUT2D eigenvalue weighted by atomic mass is 16.7. The van der Waals surface area contributed by atoms with Crippen molar-refractivity contribution in [3.63, 3.8) is 0 Å². The molecule has 5 N–H and O–H groups in total. The second kappa shape index (κ2) is 20.4. The van der Waals surface area contributed by atoms with Crippen LogP contribution in [0.25, 0.3) is 0 Å². The lowest BCUT2D eigenvalue weighted by Crippen LogP contribution is -2.67. The Hall–Kier alpha value is -1.09. The summed E-state index contributed by atoms with van der Waals surface area (Å²) >= 11 is 0.